The number of hydrogen-bond donors (Lipinski definition) is 0. The molecule has 0 radical (unpaired) electrons. The Labute approximate surface area is 210 Å². The Balaban J connectivity index is 1.42. The molecule has 2 saturated heterocycles. The van der Waals surface area contributed by atoms with Crippen molar-refractivity contribution in [2.75, 3.05) is 13.1 Å². The van der Waals surface area contributed by atoms with Gasteiger partial charge in [-0.05, 0) is 41.7 Å². The minimum atomic E-state index is -1.25. The molecule has 0 N–H and O–H groups in total. The Hall–Kier alpha value is -3.80. The lowest BCUT2D eigenvalue weighted by molar-refractivity contribution is -0.143. The van der Waals surface area contributed by atoms with Gasteiger partial charge in [0.15, 0.2) is 0 Å². The van der Waals surface area contributed by atoms with E-state index < -0.39 is 5.41 Å². The molecule has 184 valence electrons. The topological polar surface area (TPSA) is 57.7 Å². The van der Waals surface area contributed by atoms with Crippen molar-refractivity contribution in [2.24, 2.45) is 0 Å². The molecule has 2 atom stereocenters. The van der Waals surface area contributed by atoms with Crippen molar-refractivity contribution in [3.63, 3.8) is 0 Å². The first-order valence-electron chi connectivity index (χ1n) is 12.4. The predicted octanol–water partition coefficient (Wildman–Crippen LogP) is 4.74. The summed E-state index contributed by atoms with van der Waals surface area (Å²) in [6.45, 7) is 2.99. The van der Waals surface area contributed by atoms with Crippen molar-refractivity contribution in [1.29, 1.82) is 0 Å². The van der Waals surface area contributed by atoms with Gasteiger partial charge in [0.1, 0.15) is 5.82 Å². The highest BCUT2D eigenvalue weighted by Gasteiger charge is 2.54. The van der Waals surface area contributed by atoms with Crippen molar-refractivity contribution in [1.82, 2.24) is 9.80 Å². The number of hydrogen-bond acceptors (Lipinski definition) is 3. The number of benzene rings is 3. The van der Waals surface area contributed by atoms with E-state index in [0.29, 0.717) is 25.1 Å². The summed E-state index contributed by atoms with van der Waals surface area (Å²) in [7, 11) is 0. The van der Waals surface area contributed by atoms with Gasteiger partial charge in [0.25, 0.3) is 0 Å². The van der Waals surface area contributed by atoms with Gasteiger partial charge in [0.05, 0.1) is 12.0 Å². The fraction of sp³-hybridized carbons (Fsp3) is 0.300. The molecule has 36 heavy (non-hydrogen) atoms. The zero-order chi connectivity index (χ0) is 25.3. The van der Waals surface area contributed by atoms with Crippen molar-refractivity contribution < 1.29 is 18.8 Å². The van der Waals surface area contributed by atoms with E-state index in [1.54, 1.807) is 23.1 Å². The van der Waals surface area contributed by atoms with Crippen LogP contribution >= 0.6 is 0 Å². The van der Waals surface area contributed by atoms with Crippen LogP contribution in [0.2, 0.25) is 0 Å². The summed E-state index contributed by atoms with van der Waals surface area (Å²) in [4.78, 5) is 43.8. The number of rotatable bonds is 6. The van der Waals surface area contributed by atoms with Crippen LogP contribution in [0, 0.1) is 12.7 Å². The highest BCUT2D eigenvalue weighted by molar-refractivity contribution is 6.10. The van der Waals surface area contributed by atoms with E-state index in [1.165, 1.54) is 11.0 Å². The van der Waals surface area contributed by atoms with Crippen LogP contribution in [-0.2, 0) is 26.3 Å². The normalized spacial score (nSPS) is 21.9. The third-order valence-electron chi connectivity index (χ3n) is 7.59. The molecular weight excluding hydrogens is 455 g/mol. The molecule has 2 fully saturated rings. The minimum Gasteiger partial charge on any atom is -0.342 e. The smallest absolute Gasteiger partial charge is 0.241 e. The summed E-state index contributed by atoms with van der Waals surface area (Å²) >= 11 is 0. The second kappa shape index (κ2) is 9.69. The van der Waals surface area contributed by atoms with E-state index in [1.807, 2.05) is 61.5 Å². The van der Waals surface area contributed by atoms with Gasteiger partial charge < -0.3 is 4.90 Å². The largest absolute Gasteiger partial charge is 0.342 e. The molecule has 2 heterocycles. The van der Waals surface area contributed by atoms with Gasteiger partial charge in [-0.1, -0.05) is 72.8 Å². The van der Waals surface area contributed by atoms with Crippen LogP contribution < -0.4 is 0 Å². The summed E-state index contributed by atoms with van der Waals surface area (Å²) in [6, 6.07) is 23.6. The van der Waals surface area contributed by atoms with Crippen LogP contribution in [0.25, 0.3) is 0 Å². The fourth-order valence-electron chi connectivity index (χ4n) is 5.70. The molecule has 5 rings (SSSR count). The lowest BCUT2D eigenvalue weighted by Gasteiger charge is -2.30. The second-order valence-corrected chi connectivity index (χ2v) is 9.87. The van der Waals surface area contributed by atoms with Crippen LogP contribution in [0.4, 0.5) is 4.39 Å². The van der Waals surface area contributed by atoms with Gasteiger partial charge in [-0.2, -0.15) is 0 Å². The first kappa shape index (κ1) is 23.9. The van der Waals surface area contributed by atoms with E-state index in [2.05, 4.69) is 0 Å². The molecule has 0 spiro atoms. The van der Waals surface area contributed by atoms with Crippen LogP contribution in [0.15, 0.2) is 78.9 Å². The summed E-state index contributed by atoms with van der Waals surface area (Å²) in [6.07, 6.45) is 0.536. The summed E-state index contributed by atoms with van der Waals surface area (Å²) < 4.78 is 14.3. The molecule has 3 amide bonds. The summed E-state index contributed by atoms with van der Waals surface area (Å²) in [5, 5.41) is 0. The molecule has 2 aliphatic rings. The lowest BCUT2D eigenvalue weighted by atomic mass is 9.74. The Kier molecular flexibility index (Phi) is 6.44. The molecule has 5 nitrogen and oxygen atoms in total. The van der Waals surface area contributed by atoms with Crippen LogP contribution in [0.3, 0.4) is 0 Å². The van der Waals surface area contributed by atoms with Gasteiger partial charge in [-0.15, -0.1) is 0 Å². The summed E-state index contributed by atoms with van der Waals surface area (Å²) in [5.74, 6) is -1.13. The average Bonchev–Trinajstić information content (AvgIpc) is 3.45. The zero-order valence-corrected chi connectivity index (χ0v) is 20.3. The van der Waals surface area contributed by atoms with Crippen LogP contribution in [-0.4, -0.2) is 40.6 Å². The minimum absolute atomic E-state index is 0.0418. The van der Waals surface area contributed by atoms with Gasteiger partial charge in [-0.25, -0.2) is 4.39 Å². The van der Waals surface area contributed by atoms with Gasteiger partial charge in [-0.3, -0.25) is 19.3 Å². The average molecular weight is 485 g/mol. The highest BCUT2D eigenvalue weighted by Crippen LogP contribution is 2.43. The summed E-state index contributed by atoms with van der Waals surface area (Å²) in [5.41, 5.74) is 1.82. The van der Waals surface area contributed by atoms with Gasteiger partial charge in [0, 0.05) is 31.8 Å². The number of carbonyl (C=O) groups excluding carboxylic acids is 3. The van der Waals surface area contributed by atoms with Crippen molar-refractivity contribution in [3.8, 4) is 0 Å². The maximum absolute atomic E-state index is 14.3. The van der Waals surface area contributed by atoms with E-state index in [0.717, 1.165) is 16.7 Å². The SMILES string of the molecule is Cc1ccccc1[C@]1(CC(=O)N2CC[C@@H](c3ccccc3F)C2)CC(=O)N(Cc2ccccc2)C1=O. The molecule has 0 aliphatic carbocycles. The number of aryl methyl sites for hydroxylation is 1. The van der Waals surface area contributed by atoms with Crippen molar-refractivity contribution >= 4 is 17.7 Å². The Morgan fingerprint density at radius 3 is 2.42 bits per heavy atom. The zero-order valence-electron chi connectivity index (χ0n) is 20.3. The molecule has 3 aromatic rings. The first-order valence-corrected chi connectivity index (χ1v) is 12.4. The number of likely N-dealkylation sites (tertiary alicyclic amines) is 2. The van der Waals surface area contributed by atoms with Gasteiger partial charge in [0.2, 0.25) is 17.7 Å². The van der Waals surface area contributed by atoms with Gasteiger partial charge >= 0.3 is 0 Å². The number of imide groups is 1. The maximum atomic E-state index is 14.3. The molecule has 0 aromatic heterocycles. The van der Waals surface area contributed by atoms with E-state index >= 15 is 0 Å². The van der Waals surface area contributed by atoms with Crippen LogP contribution in [0.5, 0.6) is 0 Å². The molecule has 0 bridgehead atoms. The van der Waals surface area contributed by atoms with Crippen LogP contribution in [0.1, 0.15) is 47.4 Å². The number of nitrogens with zero attached hydrogens (tertiary/aromatic N) is 2. The Bertz CT molecular complexity index is 1310. The van der Waals surface area contributed by atoms with Crippen molar-refractivity contribution in [3.05, 3.63) is 107 Å². The number of amides is 3. The lowest BCUT2D eigenvalue weighted by Crippen LogP contribution is -2.43. The number of halogens is 1. The van der Waals surface area contributed by atoms with Crippen molar-refractivity contribution in [2.45, 2.75) is 44.1 Å². The molecule has 0 unspecified atom stereocenters. The Morgan fingerprint density at radius 1 is 0.972 bits per heavy atom. The molecule has 6 heteroatoms. The quantitative estimate of drug-likeness (QED) is 0.475. The van der Waals surface area contributed by atoms with E-state index in [-0.39, 0.29) is 48.8 Å². The third-order valence-corrected chi connectivity index (χ3v) is 7.59. The third kappa shape index (κ3) is 4.32. The van der Waals surface area contributed by atoms with E-state index in [4.69, 9.17) is 0 Å². The number of carbonyl (C=O) groups is 3. The fourth-order valence-corrected chi connectivity index (χ4v) is 5.70. The monoisotopic (exact) mass is 484 g/mol. The Morgan fingerprint density at radius 2 is 1.67 bits per heavy atom. The first-order chi connectivity index (χ1) is 17.4. The highest BCUT2D eigenvalue weighted by atomic mass is 19.1. The standard InChI is InChI=1S/C30H29FN2O3/c1-21-9-5-7-13-25(21)30(18-28(35)33(29(30)36)19-22-10-3-2-4-11-22)17-27(34)32-16-15-23(20-32)24-12-6-8-14-26(24)31/h2-14,23H,15-20H2,1H3/t23-,30+/m1/s1. The predicted molar refractivity (Wildman–Crippen MR) is 134 cm³/mol. The molecular formula is C30H29FN2O3. The molecule has 2 aliphatic heterocycles. The molecule has 3 aromatic carbocycles. The van der Waals surface area contributed by atoms with E-state index in [9.17, 15) is 18.8 Å². The molecule has 0 saturated carbocycles. The maximum Gasteiger partial charge on any atom is 0.241 e. The second-order valence-electron chi connectivity index (χ2n) is 9.87.